The lowest BCUT2D eigenvalue weighted by Gasteiger charge is -2.37. The number of esters is 1. The van der Waals surface area contributed by atoms with Crippen molar-refractivity contribution >= 4 is 35.5 Å². The van der Waals surface area contributed by atoms with E-state index in [-0.39, 0.29) is 43.9 Å². The molecule has 51 heavy (non-hydrogen) atoms. The Morgan fingerprint density at radius 2 is 1.63 bits per heavy atom. The van der Waals surface area contributed by atoms with Crippen molar-refractivity contribution in [3.8, 4) is 0 Å². The molecule has 1 unspecified atom stereocenters. The number of hydrogen-bond donors (Lipinski definition) is 4. The zero-order valence-electron chi connectivity index (χ0n) is 31.3. The van der Waals surface area contributed by atoms with E-state index in [2.05, 4.69) is 27.8 Å². The van der Waals surface area contributed by atoms with E-state index in [9.17, 15) is 28.8 Å². The molecule has 12 nitrogen and oxygen atoms in total. The summed E-state index contributed by atoms with van der Waals surface area (Å²) in [7, 11) is 0. The van der Waals surface area contributed by atoms with Crippen LogP contribution in [0.3, 0.4) is 0 Å². The van der Waals surface area contributed by atoms with Gasteiger partial charge in [-0.2, -0.15) is 0 Å². The second-order valence-corrected chi connectivity index (χ2v) is 15.3. The highest BCUT2D eigenvalue weighted by atomic mass is 16.5. The molecule has 1 heterocycles. The fourth-order valence-corrected chi connectivity index (χ4v) is 7.11. The van der Waals surface area contributed by atoms with Gasteiger partial charge in [0.1, 0.15) is 24.7 Å². The molecule has 1 aliphatic heterocycles. The van der Waals surface area contributed by atoms with Crippen LogP contribution in [0.1, 0.15) is 98.5 Å². The van der Waals surface area contributed by atoms with Gasteiger partial charge >= 0.3 is 12.0 Å². The van der Waals surface area contributed by atoms with Crippen LogP contribution in [0.15, 0.2) is 43.0 Å². The highest BCUT2D eigenvalue weighted by Gasteiger charge is 2.48. The Kier molecular flexibility index (Phi) is 15.7. The Morgan fingerprint density at radius 1 is 0.961 bits per heavy atom. The average Bonchev–Trinajstić information content (AvgIpc) is 3.56. The second kappa shape index (κ2) is 19.4. The Morgan fingerprint density at radius 3 is 2.22 bits per heavy atom. The van der Waals surface area contributed by atoms with Crippen LogP contribution in [0.5, 0.6) is 0 Å². The van der Waals surface area contributed by atoms with Gasteiger partial charge in [-0.05, 0) is 54.4 Å². The summed E-state index contributed by atoms with van der Waals surface area (Å²) in [5.41, 5.74) is 0.0602. The van der Waals surface area contributed by atoms with Gasteiger partial charge in [0, 0.05) is 13.1 Å². The topological polar surface area (TPSA) is 163 Å². The number of nitrogens with one attached hydrogen (secondary N) is 4. The summed E-state index contributed by atoms with van der Waals surface area (Å²) in [4.78, 5) is 82.6. The van der Waals surface area contributed by atoms with Crippen LogP contribution in [0.4, 0.5) is 4.79 Å². The minimum absolute atomic E-state index is 0.0252. The lowest BCUT2D eigenvalue weighted by molar-refractivity contribution is -0.149. The van der Waals surface area contributed by atoms with Crippen molar-refractivity contribution in [1.82, 2.24) is 26.2 Å². The van der Waals surface area contributed by atoms with Gasteiger partial charge in [0.2, 0.25) is 17.6 Å². The molecule has 0 radical (unpaired) electrons. The molecule has 5 atom stereocenters. The third kappa shape index (κ3) is 11.7. The van der Waals surface area contributed by atoms with Crippen LogP contribution in [0.2, 0.25) is 0 Å². The molecule has 2 aliphatic rings. The summed E-state index contributed by atoms with van der Waals surface area (Å²) >= 11 is 0. The van der Waals surface area contributed by atoms with Crippen molar-refractivity contribution in [2.24, 2.45) is 23.2 Å². The Balaban J connectivity index is 1.81. The monoisotopic (exact) mass is 709 g/mol. The summed E-state index contributed by atoms with van der Waals surface area (Å²) in [6, 6.07) is 4.74. The van der Waals surface area contributed by atoms with Crippen molar-refractivity contribution in [1.29, 1.82) is 0 Å². The van der Waals surface area contributed by atoms with Crippen LogP contribution < -0.4 is 21.3 Å². The van der Waals surface area contributed by atoms with Gasteiger partial charge in [-0.25, -0.2) is 9.59 Å². The number of hydrogen-bond acceptors (Lipinski definition) is 7. The zero-order valence-corrected chi connectivity index (χ0v) is 31.3. The normalized spacial score (nSPS) is 19.7. The molecular formula is C39H59N5O7. The number of ketones is 1. The number of nitrogens with zero attached hydrogens (tertiary/aromatic N) is 1. The number of ether oxygens (including phenoxy) is 1. The summed E-state index contributed by atoms with van der Waals surface area (Å²) in [6.07, 6.45) is 7.29. The first-order valence-electron chi connectivity index (χ1n) is 18.5. The summed E-state index contributed by atoms with van der Waals surface area (Å²) in [5.74, 6) is -3.35. The van der Waals surface area contributed by atoms with E-state index >= 15 is 0 Å². The van der Waals surface area contributed by atoms with Crippen LogP contribution in [0.25, 0.3) is 0 Å². The van der Waals surface area contributed by atoms with Crippen molar-refractivity contribution < 1.29 is 33.5 Å². The molecule has 2 fully saturated rings. The van der Waals surface area contributed by atoms with Crippen LogP contribution in [-0.4, -0.2) is 77.7 Å². The maximum absolute atomic E-state index is 14.4. The first-order valence-corrected chi connectivity index (χ1v) is 18.5. The summed E-state index contributed by atoms with van der Waals surface area (Å²) < 4.78 is 5.67. The van der Waals surface area contributed by atoms with E-state index < -0.39 is 65.1 Å². The highest BCUT2D eigenvalue weighted by Crippen LogP contribution is 2.34. The SMILES string of the molecule is C=CCNC(=O)C(=O)C(CCC)NC(=O)[C@@H]1[C@@H](C(C)C)CCN1C(=O)[C@@H](NC(=O)N[C@H](C(=O)OCc1ccccc1)C1CCCCC1)C(C)(C)C. The highest BCUT2D eigenvalue weighted by molar-refractivity contribution is 6.38. The number of urea groups is 1. The quantitative estimate of drug-likeness (QED) is 0.112. The maximum atomic E-state index is 14.4. The van der Waals surface area contributed by atoms with Gasteiger partial charge in [-0.3, -0.25) is 19.2 Å². The van der Waals surface area contributed by atoms with E-state index in [0.29, 0.717) is 12.8 Å². The molecular weight excluding hydrogens is 650 g/mol. The van der Waals surface area contributed by atoms with Crippen LogP contribution in [0, 0.1) is 23.2 Å². The number of carbonyl (C=O) groups excluding carboxylic acids is 6. The molecule has 12 heteroatoms. The van der Waals surface area contributed by atoms with Gasteiger partial charge in [0.05, 0.1) is 6.04 Å². The molecule has 4 N–H and O–H groups in total. The number of likely N-dealkylation sites (tertiary alicyclic amines) is 1. The maximum Gasteiger partial charge on any atom is 0.329 e. The molecule has 5 amide bonds. The zero-order chi connectivity index (χ0) is 37.7. The largest absolute Gasteiger partial charge is 0.459 e. The molecule has 0 bridgehead atoms. The van der Waals surface area contributed by atoms with Crippen molar-refractivity contribution in [2.75, 3.05) is 13.1 Å². The predicted octanol–water partition coefficient (Wildman–Crippen LogP) is 4.42. The lowest BCUT2D eigenvalue weighted by Crippen LogP contribution is -2.62. The fraction of sp³-hybridized carbons (Fsp3) is 0.641. The predicted molar refractivity (Wildman–Crippen MR) is 195 cm³/mol. The standard InChI is InChI=1S/C39H59N5O7/c1-8-16-29(32(45)35(47)40-22-9-2)41-34(46)31-28(25(3)4)21-23-44(31)36(48)33(39(5,6)7)43-38(50)42-30(27-19-14-11-15-20-27)37(49)51-24-26-17-12-10-13-18-26/h9-10,12-13,17-18,25,27-31,33H,2,8,11,14-16,19-24H2,1,3-7H3,(H,40,47)(H,41,46)(H2,42,43,50)/t28-,29?,30+,31+,33-/m1/s1. The molecule has 1 aliphatic carbocycles. The summed E-state index contributed by atoms with van der Waals surface area (Å²) in [6.45, 7) is 15.3. The first kappa shape index (κ1) is 41.2. The van der Waals surface area contributed by atoms with E-state index in [1.165, 1.54) is 11.0 Å². The van der Waals surface area contributed by atoms with E-state index in [4.69, 9.17) is 4.74 Å². The van der Waals surface area contributed by atoms with Gasteiger partial charge in [0.15, 0.2) is 0 Å². The Bertz CT molecular complexity index is 1370. The summed E-state index contributed by atoms with van der Waals surface area (Å²) in [5, 5.41) is 11.0. The number of rotatable bonds is 16. The molecule has 282 valence electrons. The number of benzene rings is 1. The van der Waals surface area contributed by atoms with Gasteiger partial charge < -0.3 is 30.9 Å². The van der Waals surface area contributed by atoms with Gasteiger partial charge in [-0.15, -0.1) is 6.58 Å². The van der Waals surface area contributed by atoms with E-state index in [1.807, 2.05) is 71.9 Å². The van der Waals surface area contributed by atoms with Gasteiger partial charge in [-0.1, -0.05) is 104 Å². The fourth-order valence-electron chi connectivity index (χ4n) is 7.11. The third-order valence-electron chi connectivity index (χ3n) is 9.97. The Hall–Kier alpha value is -4.22. The molecule has 1 saturated heterocycles. The van der Waals surface area contributed by atoms with Crippen LogP contribution in [-0.2, 0) is 35.3 Å². The molecule has 1 aromatic rings. The van der Waals surface area contributed by atoms with Crippen molar-refractivity contribution in [3.05, 3.63) is 48.6 Å². The number of Topliss-reactive ketones (excluding diaryl/α,β-unsaturated/α-hetero) is 1. The van der Waals surface area contributed by atoms with E-state index in [1.54, 1.807) is 0 Å². The smallest absolute Gasteiger partial charge is 0.329 e. The Labute approximate surface area is 303 Å². The number of amides is 5. The first-order chi connectivity index (χ1) is 24.2. The molecule has 0 aromatic heterocycles. The average molecular weight is 710 g/mol. The number of carbonyl (C=O) groups is 6. The second-order valence-electron chi connectivity index (χ2n) is 15.3. The molecule has 3 rings (SSSR count). The molecule has 1 aromatic carbocycles. The van der Waals surface area contributed by atoms with Gasteiger partial charge in [0.25, 0.3) is 5.91 Å². The third-order valence-corrected chi connectivity index (χ3v) is 9.97. The van der Waals surface area contributed by atoms with Crippen LogP contribution >= 0.6 is 0 Å². The van der Waals surface area contributed by atoms with Crippen molar-refractivity contribution in [2.45, 2.75) is 124 Å². The lowest BCUT2D eigenvalue weighted by atomic mass is 9.83. The molecule has 1 saturated carbocycles. The van der Waals surface area contributed by atoms with Crippen molar-refractivity contribution in [3.63, 3.8) is 0 Å². The molecule has 0 spiro atoms. The minimum Gasteiger partial charge on any atom is -0.459 e. The van der Waals surface area contributed by atoms with E-state index in [0.717, 1.165) is 37.7 Å². The minimum atomic E-state index is -1.06.